The van der Waals surface area contributed by atoms with E-state index in [0.717, 1.165) is 25.8 Å². The number of hydrogen-bond acceptors (Lipinski definition) is 4. The first kappa shape index (κ1) is 12.8. The zero-order valence-corrected chi connectivity index (χ0v) is 10.2. The molecule has 0 bridgehead atoms. The van der Waals surface area contributed by atoms with Crippen LogP contribution in [0.15, 0.2) is 0 Å². The Hall–Kier alpha value is -0.650. The lowest BCUT2D eigenvalue weighted by Gasteiger charge is -2.26. The van der Waals surface area contributed by atoms with Gasteiger partial charge in [-0.15, -0.1) is 0 Å². The largest absolute Gasteiger partial charge is 0.480 e. The minimum atomic E-state index is -0.746. The molecule has 1 heterocycles. The molecule has 2 rings (SSSR count). The van der Waals surface area contributed by atoms with Crippen molar-refractivity contribution >= 4 is 5.97 Å². The number of fused-ring (bicyclic) bond motifs is 1. The van der Waals surface area contributed by atoms with Gasteiger partial charge in [0.2, 0.25) is 0 Å². The predicted molar refractivity (Wildman–Crippen MR) is 61.7 cm³/mol. The summed E-state index contributed by atoms with van der Waals surface area (Å²) in [6.07, 6.45) is 2.69. The molecule has 1 aliphatic carbocycles. The zero-order chi connectivity index (χ0) is 12.4. The van der Waals surface area contributed by atoms with Gasteiger partial charge >= 0.3 is 5.97 Å². The van der Waals surface area contributed by atoms with E-state index in [2.05, 4.69) is 0 Å². The van der Waals surface area contributed by atoms with E-state index in [1.54, 1.807) is 0 Å². The minimum absolute atomic E-state index is 0.262. The number of carbonyl (C=O) groups is 1. The predicted octanol–water partition coefficient (Wildman–Crippen LogP) is 0.179. The van der Waals surface area contributed by atoms with E-state index in [9.17, 15) is 15.0 Å². The standard InChI is InChI=1S/C12H21NO4/c1-17-7-9(14)6-13-5-8-3-2-4-10(8)11(13)12(15)16/h8-11,14H,2-7H2,1H3,(H,15,16). The Morgan fingerprint density at radius 1 is 1.53 bits per heavy atom. The number of aliphatic carboxylic acids is 1. The number of ether oxygens (including phenoxy) is 1. The smallest absolute Gasteiger partial charge is 0.321 e. The third kappa shape index (κ3) is 2.61. The number of likely N-dealkylation sites (tertiary alicyclic amines) is 1. The second-order valence-electron chi connectivity index (χ2n) is 5.20. The van der Waals surface area contributed by atoms with Crippen LogP contribution in [0.2, 0.25) is 0 Å². The Balaban J connectivity index is 1.99. The quantitative estimate of drug-likeness (QED) is 0.721. The highest BCUT2D eigenvalue weighted by atomic mass is 16.5. The molecule has 1 saturated heterocycles. The van der Waals surface area contributed by atoms with Crippen LogP contribution in [0.5, 0.6) is 0 Å². The second kappa shape index (κ2) is 5.33. The lowest BCUT2D eigenvalue weighted by molar-refractivity contribution is -0.144. The summed E-state index contributed by atoms with van der Waals surface area (Å²) in [7, 11) is 1.54. The molecule has 5 heteroatoms. The monoisotopic (exact) mass is 243 g/mol. The Morgan fingerprint density at radius 3 is 2.94 bits per heavy atom. The van der Waals surface area contributed by atoms with Gasteiger partial charge in [0.15, 0.2) is 0 Å². The zero-order valence-electron chi connectivity index (χ0n) is 10.2. The van der Waals surface area contributed by atoms with Crippen molar-refractivity contribution in [3.63, 3.8) is 0 Å². The fraction of sp³-hybridized carbons (Fsp3) is 0.917. The second-order valence-corrected chi connectivity index (χ2v) is 5.20. The Kier molecular flexibility index (Phi) is 4.01. The summed E-state index contributed by atoms with van der Waals surface area (Å²) in [5.41, 5.74) is 0. The summed E-state index contributed by atoms with van der Waals surface area (Å²) in [5.74, 6) is 0.0390. The first-order valence-electron chi connectivity index (χ1n) is 6.27. The van der Waals surface area contributed by atoms with Crippen molar-refractivity contribution in [3.8, 4) is 0 Å². The van der Waals surface area contributed by atoms with Crippen molar-refractivity contribution in [1.82, 2.24) is 4.90 Å². The average Bonchev–Trinajstić information content (AvgIpc) is 2.76. The summed E-state index contributed by atoms with van der Waals surface area (Å²) in [6, 6.07) is -0.408. The summed E-state index contributed by atoms with van der Waals surface area (Å²) < 4.78 is 4.88. The number of β-amino-alcohol motifs (C(OH)–C–C–N with tert-alkyl or cyclic N) is 1. The molecule has 1 saturated carbocycles. The van der Waals surface area contributed by atoms with E-state index >= 15 is 0 Å². The van der Waals surface area contributed by atoms with Gasteiger partial charge in [0, 0.05) is 20.2 Å². The van der Waals surface area contributed by atoms with Crippen LogP contribution in [0.4, 0.5) is 0 Å². The molecule has 0 amide bonds. The lowest BCUT2D eigenvalue weighted by atomic mass is 9.94. The van der Waals surface area contributed by atoms with Gasteiger partial charge in [-0.05, 0) is 24.7 Å². The Morgan fingerprint density at radius 2 is 2.29 bits per heavy atom. The molecule has 0 radical (unpaired) electrons. The van der Waals surface area contributed by atoms with Crippen LogP contribution in [-0.2, 0) is 9.53 Å². The highest BCUT2D eigenvalue weighted by Crippen LogP contribution is 2.42. The molecule has 0 aromatic carbocycles. The van der Waals surface area contributed by atoms with Gasteiger partial charge in [-0.3, -0.25) is 9.69 Å². The number of hydrogen-bond donors (Lipinski definition) is 2. The van der Waals surface area contributed by atoms with Gasteiger partial charge in [0.25, 0.3) is 0 Å². The number of methoxy groups -OCH3 is 1. The summed E-state index contributed by atoms with van der Waals surface area (Å²) in [5, 5.41) is 19.0. The number of aliphatic hydroxyl groups excluding tert-OH is 1. The number of carboxylic acids is 1. The number of aliphatic hydroxyl groups is 1. The molecule has 2 fully saturated rings. The molecular weight excluding hydrogens is 222 g/mol. The number of carboxylic acid groups (broad SMARTS) is 1. The minimum Gasteiger partial charge on any atom is -0.480 e. The van der Waals surface area contributed by atoms with E-state index in [0.29, 0.717) is 12.5 Å². The number of rotatable bonds is 5. The van der Waals surface area contributed by atoms with Gasteiger partial charge in [-0.1, -0.05) is 6.42 Å². The van der Waals surface area contributed by atoms with Crippen LogP contribution in [0.3, 0.4) is 0 Å². The van der Waals surface area contributed by atoms with E-state index in [1.807, 2.05) is 4.90 Å². The third-order valence-corrected chi connectivity index (χ3v) is 4.04. The summed E-state index contributed by atoms with van der Waals surface area (Å²) >= 11 is 0. The van der Waals surface area contributed by atoms with Gasteiger partial charge in [-0.25, -0.2) is 0 Å². The van der Waals surface area contributed by atoms with E-state index in [1.165, 1.54) is 7.11 Å². The average molecular weight is 243 g/mol. The number of nitrogens with zero attached hydrogens (tertiary/aromatic N) is 1. The molecule has 4 unspecified atom stereocenters. The Labute approximate surface area is 101 Å². The molecule has 2 N–H and O–H groups in total. The summed E-state index contributed by atoms with van der Waals surface area (Å²) in [6.45, 7) is 1.47. The van der Waals surface area contributed by atoms with Gasteiger partial charge in [0.1, 0.15) is 6.04 Å². The van der Waals surface area contributed by atoms with Crippen LogP contribution >= 0.6 is 0 Å². The van der Waals surface area contributed by atoms with Crippen molar-refractivity contribution in [1.29, 1.82) is 0 Å². The molecule has 2 aliphatic rings. The molecule has 0 spiro atoms. The van der Waals surface area contributed by atoms with Crippen molar-refractivity contribution in [2.75, 3.05) is 26.8 Å². The van der Waals surface area contributed by atoms with Crippen LogP contribution in [0.25, 0.3) is 0 Å². The summed E-state index contributed by atoms with van der Waals surface area (Å²) in [4.78, 5) is 13.3. The molecule has 5 nitrogen and oxygen atoms in total. The van der Waals surface area contributed by atoms with Crippen molar-refractivity contribution in [2.24, 2.45) is 11.8 Å². The maximum atomic E-state index is 11.3. The van der Waals surface area contributed by atoms with E-state index in [4.69, 9.17) is 4.74 Å². The molecule has 1 aliphatic heterocycles. The maximum absolute atomic E-state index is 11.3. The van der Waals surface area contributed by atoms with E-state index in [-0.39, 0.29) is 12.5 Å². The van der Waals surface area contributed by atoms with E-state index < -0.39 is 18.1 Å². The van der Waals surface area contributed by atoms with Crippen molar-refractivity contribution < 1.29 is 19.7 Å². The molecule has 0 aromatic rings. The fourth-order valence-electron chi connectivity index (χ4n) is 3.44. The van der Waals surface area contributed by atoms with Crippen molar-refractivity contribution in [3.05, 3.63) is 0 Å². The van der Waals surface area contributed by atoms with Crippen LogP contribution in [-0.4, -0.2) is 60.0 Å². The van der Waals surface area contributed by atoms with Crippen LogP contribution in [0, 0.1) is 11.8 Å². The van der Waals surface area contributed by atoms with Crippen molar-refractivity contribution in [2.45, 2.75) is 31.4 Å². The molecule has 4 atom stereocenters. The lowest BCUT2D eigenvalue weighted by Crippen LogP contribution is -2.44. The molecule has 98 valence electrons. The SMILES string of the molecule is COCC(O)CN1CC2CCCC2C1C(=O)O. The third-order valence-electron chi connectivity index (χ3n) is 4.04. The maximum Gasteiger partial charge on any atom is 0.321 e. The van der Waals surface area contributed by atoms with Gasteiger partial charge in [-0.2, -0.15) is 0 Å². The first-order valence-corrected chi connectivity index (χ1v) is 6.27. The van der Waals surface area contributed by atoms with Gasteiger partial charge < -0.3 is 14.9 Å². The van der Waals surface area contributed by atoms with Gasteiger partial charge in [0.05, 0.1) is 12.7 Å². The normalized spacial score (nSPS) is 34.8. The molecular formula is C12H21NO4. The van der Waals surface area contributed by atoms with Crippen LogP contribution in [0.1, 0.15) is 19.3 Å². The molecule has 17 heavy (non-hydrogen) atoms. The highest BCUT2D eigenvalue weighted by molar-refractivity contribution is 5.74. The first-order chi connectivity index (χ1) is 8.13. The highest BCUT2D eigenvalue weighted by Gasteiger charge is 2.47. The topological polar surface area (TPSA) is 70.0 Å². The molecule has 0 aromatic heterocycles. The fourth-order valence-corrected chi connectivity index (χ4v) is 3.44. The van der Waals surface area contributed by atoms with Crippen LogP contribution < -0.4 is 0 Å². The Bertz CT molecular complexity index is 284.